The fourth-order valence-corrected chi connectivity index (χ4v) is 2.86. The predicted octanol–water partition coefficient (Wildman–Crippen LogP) is 2.14. The van der Waals surface area contributed by atoms with Crippen molar-refractivity contribution in [3.05, 3.63) is 29.8 Å². The summed E-state index contributed by atoms with van der Waals surface area (Å²) in [6, 6.07) is 10.2. The van der Waals surface area contributed by atoms with Crippen LogP contribution in [0.15, 0.2) is 24.3 Å². The molecule has 0 aromatic heterocycles. The van der Waals surface area contributed by atoms with Crippen molar-refractivity contribution < 1.29 is 9.53 Å². The van der Waals surface area contributed by atoms with Gasteiger partial charge in [0, 0.05) is 19.5 Å². The summed E-state index contributed by atoms with van der Waals surface area (Å²) < 4.78 is 5.74. The van der Waals surface area contributed by atoms with Crippen LogP contribution in [0.4, 0.5) is 0 Å². The lowest BCUT2D eigenvalue weighted by Crippen LogP contribution is -2.47. The number of piperidine rings is 1. The number of para-hydroxylation sites is 1. The number of benzene rings is 1. The van der Waals surface area contributed by atoms with Crippen molar-refractivity contribution in [2.45, 2.75) is 32.3 Å². The number of likely N-dealkylation sites (tertiary alicyclic amines) is 1. The zero-order valence-electron chi connectivity index (χ0n) is 11.6. The molecule has 0 aliphatic carbocycles. The number of nitriles is 1. The summed E-state index contributed by atoms with van der Waals surface area (Å²) in [4.78, 5) is 14.3. The van der Waals surface area contributed by atoms with Crippen molar-refractivity contribution in [2.24, 2.45) is 5.41 Å². The van der Waals surface area contributed by atoms with Gasteiger partial charge in [-0.1, -0.05) is 18.2 Å². The molecule has 2 aliphatic heterocycles. The Morgan fingerprint density at radius 3 is 2.75 bits per heavy atom. The normalized spacial score (nSPS) is 23.6. The summed E-state index contributed by atoms with van der Waals surface area (Å²) in [7, 11) is 0. The molecule has 1 aromatic carbocycles. The Labute approximate surface area is 118 Å². The highest BCUT2D eigenvalue weighted by molar-refractivity contribution is 5.82. The van der Waals surface area contributed by atoms with E-state index in [0.29, 0.717) is 19.5 Å². The summed E-state index contributed by atoms with van der Waals surface area (Å²) >= 11 is 0. The third kappa shape index (κ3) is 2.24. The standard InChI is InChI=1S/C16H18N2O2/c1-16(11-17)6-8-18(9-7-16)15(19)14-10-12-4-2-3-5-13(12)20-14/h2-5,14H,6-10H2,1H3. The number of nitrogens with zero attached hydrogens (tertiary/aromatic N) is 2. The minimum absolute atomic E-state index is 0.0567. The zero-order valence-corrected chi connectivity index (χ0v) is 11.6. The van der Waals surface area contributed by atoms with Crippen molar-refractivity contribution in [3.8, 4) is 11.8 Å². The molecule has 20 heavy (non-hydrogen) atoms. The molecule has 4 nitrogen and oxygen atoms in total. The van der Waals surface area contributed by atoms with Gasteiger partial charge in [-0.05, 0) is 31.4 Å². The van der Waals surface area contributed by atoms with E-state index < -0.39 is 0 Å². The van der Waals surface area contributed by atoms with Gasteiger partial charge in [-0.3, -0.25) is 4.79 Å². The van der Waals surface area contributed by atoms with Crippen LogP contribution in [0.5, 0.6) is 5.75 Å². The molecule has 1 fully saturated rings. The number of hydrogen-bond acceptors (Lipinski definition) is 3. The SMILES string of the molecule is CC1(C#N)CCN(C(=O)C2Cc3ccccc3O2)CC1. The summed E-state index contributed by atoms with van der Waals surface area (Å²) in [5, 5.41) is 9.13. The monoisotopic (exact) mass is 270 g/mol. The van der Waals surface area contributed by atoms with E-state index in [1.807, 2.05) is 36.1 Å². The lowest BCUT2D eigenvalue weighted by atomic mass is 9.82. The van der Waals surface area contributed by atoms with Gasteiger partial charge >= 0.3 is 0 Å². The first kappa shape index (κ1) is 13.0. The number of rotatable bonds is 1. The van der Waals surface area contributed by atoms with Crippen molar-refractivity contribution in [2.75, 3.05) is 13.1 Å². The van der Waals surface area contributed by atoms with Crippen LogP contribution in [0.1, 0.15) is 25.3 Å². The van der Waals surface area contributed by atoms with Gasteiger partial charge in [-0.25, -0.2) is 0 Å². The Morgan fingerprint density at radius 1 is 1.40 bits per heavy atom. The second kappa shape index (κ2) is 4.82. The van der Waals surface area contributed by atoms with Gasteiger partial charge in [-0.15, -0.1) is 0 Å². The molecule has 2 aliphatic rings. The second-order valence-corrected chi connectivity index (χ2v) is 5.92. The van der Waals surface area contributed by atoms with E-state index in [9.17, 15) is 4.79 Å². The average molecular weight is 270 g/mol. The third-order valence-corrected chi connectivity index (χ3v) is 4.37. The van der Waals surface area contributed by atoms with Crippen LogP contribution in [0, 0.1) is 16.7 Å². The highest BCUT2D eigenvalue weighted by atomic mass is 16.5. The molecule has 0 saturated carbocycles. The molecule has 0 N–H and O–H groups in total. The molecule has 1 amide bonds. The van der Waals surface area contributed by atoms with Gasteiger partial charge in [-0.2, -0.15) is 5.26 Å². The lowest BCUT2D eigenvalue weighted by molar-refractivity contribution is -0.139. The van der Waals surface area contributed by atoms with E-state index in [2.05, 4.69) is 6.07 Å². The van der Waals surface area contributed by atoms with E-state index in [4.69, 9.17) is 10.00 Å². The highest BCUT2D eigenvalue weighted by Gasteiger charge is 2.37. The summed E-state index contributed by atoms with van der Waals surface area (Å²) in [5.41, 5.74) is 0.820. The second-order valence-electron chi connectivity index (χ2n) is 5.92. The largest absolute Gasteiger partial charge is 0.480 e. The van der Waals surface area contributed by atoms with Crippen LogP contribution in [0.25, 0.3) is 0 Å². The Morgan fingerprint density at radius 2 is 2.10 bits per heavy atom. The molecule has 104 valence electrons. The molecule has 0 radical (unpaired) electrons. The summed E-state index contributed by atoms with van der Waals surface area (Å²) in [6.07, 6.45) is 1.75. The average Bonchev–Trinajstić information content (AvgIpc) is 2.91. The molecule has 4 heteroatoms. The van der Waals surface area contributed by atoms with Crippen molar-refractivity contribution in [1.82, 2.24) is 4.90 Å². The molecule has 0 spiro atoms. The number of carbonyl (C=O) groups is 1. The van der Waals surface area contributed by atoms with E-state index in [1.165, 1.54) is 0 Å². The van der Waals surface area contributed by atoms with Gasteiger partial charge in [0.15, 0.2) is 6.10 Å². The van der Waals surface area contributed by atoms with Crippen LogP contribution in [0.3, 0.4) is 0 Å². The van der Waals surface area contributed by atoms with Crippen LogP contribution >= 0.6 is 0 Å². The van der Waals surface area contributed by atoms with E-state index >= 15 is 0 Å². The number of fused-ring (bicyclic) bond motifs is 1. The first-order chi connectivity index (χ1) is 9.61. The van der Waals surface area contributed by atoms with E-state index in [-0.39, 0.29) is 17.4 Å². The van der Waals surface area contributed by atoms with Gasteiger partial charge < -0.3 is 9.64 Å². The van der Waals surface area contributed by atoms with E-state index in [1.54, 1.807) is 0 Å². The Hall–Kier alpha value is -2.02. The Bertz CT molecular complexity index is 543. The Balaban J connectivity index is 1.64. The highest BCUT2D eigenvalue weighted by Crippen LogP contribution is 2.32. The number of amides is 1. The minimum Gasteiger partial charge on any atom is -0.480 e. The van der Waals surface area contributed by atoms with Gasteiger partial charge in [0.2, 0.25) is 0 Å². The van der Waals surface area contributed by atoms with Crippen molar-refractivity contribution in [3.63, 3.8) is 0 Å². The molecule has 0 bridgehead atoms. The van der Waals surface area contributed by atoms with Crippen molar-refractivity contribution in [1.29, 1.82) is 5.26 Å². The lowest BCUT2D eigenvalue weighted by Gasteiger charge is -2.35. The molecular weight excluding hydrogens is 252 g/mol. The molecule has 1 aromatic rings. The predicted molar refractivity (Wildman–Crippen MR) is 74.1 cm³/mol. The van der Waals surface area contributed by atoms with Crippen LogP contribution in [-0.4, -0.2) is 30.0 Å². The van der Waals surface area contributed by atoms with Gasteiger partial charge in [0.05, 0.1) is 11.5 Å². The zero-order chi connectivity index (χ0) is 14.2. The van der Waals surface area contributed by atoms with Crippen LogP contribution in [-0.2, 0) is 11.2 Å². The topological polar surface area (TPSA) is 53.3 Å². The summed E-state index contributed by atoms with van der Waals surface area (Å²) in [6.45, 7) is 3.27. The molecule has 1 atom stereocenters. The summed E-state index contributed by atoms with van der Waals surface area (Å²) in [5.74, 6) is 0.880. The first-order valence-corrected chi connectivity index (χ1v) is 7.06. The fourth-order valence-electron chi connectivity index (χ4n) is 2.86. The maximum atomic E-state index is 12.5. The third-order valence-electron chi connectivity index (χ3n) is 4.37. The van der Waals surface area contributed by atoms with Crippen LogP contribution < -0.4 is 4.74 Å². The van der Waals surface area contributed by atoms with Gasteiger partial charge in [0.1, 0.15) is 5.75 Å². The first-order valence-electron chi connectivity index (χ1n) is 7.06. The minimum atomic E-state index is -0.390. The van der Waals surface area contributed by atoms with Crippen LogP contribution in [0.2, 0.25) is 0 Å². The molecule has 1 unspecified atom stereocenters. The number of ether oxygens (including phenoxy) is 1. The van der Waals surface area contributed by atoms with Gasteiger partial charge in [0.25, 0.3) is 5.91 Å². The molecule has 2 heterocycles. The van der Waals surface area contributed by atoms with E-state index in [0.717, 1.165) is 24.2 Å². The number of hydrogen-bond donors (Lipinski definition) is 0. The molecule has 1 saturated heterocycles. The number of carbonyl (C=O) groups excluding carboxylic acids is 1. The quantitative estimate of drug-likeness (QED) is 0.785. The molecular formula is C16H18N2O2. The maximum absolute atomic E-state index is 12.5. The smallest absolute Gasteiger partial charge is 0.263 e. The van der Waals surface area contributed by atoms with Crippen molar-refractivity contribution >= 4 is 5.91 Å². The maximum Gasteiger partial charge on any atom is 0.263 e. The fraction of sp³-hybridized carbons (Fsp3) is 0.500. The molecule has 3 rings (SSSR count). The Kier molecular flexibility index (Phi) is 3.13.